The zero-order valence-corrected chi connectivity index (χ0v) is 24.5. The third-order valence-electron chi connectivity index (χ3n) is 5.89. The van der Waals surface area contributed by atoms with Gasteiger partial charge in [0.25, 0.3) is 5.69 Å². The number of hydrogen-bond donors (Lipinski definition) is 1. The van der Waals surface area contributed by atoms with Gasteiger partial charge >= 0.3 is 0 Å². The van der Waals surface area contributed by atoms with Crippen molar-refractivity contribution in [3.05, 3.63) is 62.1 Å². The second-order valence-electron chi connectivity index (χ2n) is 8.71. The molecule has 0 unspecified atom stereocenters. The second kappa shape index (κ2) is 14.3. The number of nitrogens with zero attached hydrogens (tertiary/aromatic N) is 3. The molecule has 2 amide bonds. The maximum atomic E-state index is 13.8. The fourth-order valence-corrected chi connectivity index (χ4v) is 5.15. The predicted molar refractivity (Wildman–Crippen MR) is 151 cm³/mol. The molecule has 11 nitrogen and oxygen atoms in total. The minimum absolute atomic E-state index is 0.00970. The molecule has 0 radical (unpaired) electrons. The highest BCUT2D eigenvalue weighted by molar-refractivity contribution is 7.92. The van der Waals surface area contributed by atoms with Crippen LogP contribution < -0.4 is 14.4 Å². The van der Waals surface area contributed by atoms with E-state index in [-0.39, 0.29) is 29.4 Å². The van der Waals surface area contributed by atoms with Gasteiger partial charge in [-0.1, -0.05) is 49.5 Å². The molecule has 0 fully saturated rings. The Hall–Kier alpha value is -3.09. The van der Waals surface area contributed by atoms with Gasteiger partial charge in [0, 0.05) is 35.3 Å². The Labute approximate surface area is 238 Å². The summed E-state index contributed by atoms with van der Waals surface area (Å²) in [6.45, 7) is 3.25. The number of anilines is 1. The van der Waals surface area contributed by atoms with Crippen molar-refractivity contribution in [2.24, 2.45) is 0 Å². The highest BCUT2D eigenvalue weighted by Crippen LogP contribution is 2.34. The number of amides is 2. The van der Waals surface area contributed by atoms with E-state index < -0.39 is 45.0 Å². The van der Waals surface area contributed by atoms with E-state index in [4.69, 9.17) is 27.9 Å². The molecule has 0 aliphatic heterocycles. The summed E-state index contributed by atoms with van der Waals surface area (Å²) in [6.07, 6.45) is 2.70. The highest BCUT2D eigenvalue weighted by Gasteiger charge is 2.33. The molecule has 14 heteroatoms. The van der Waals surface area contributed by atoms with Crippen LogP contribution in [-0.2, 0) is 26.2 Å². The highest BCUT2D eigenvalue weighted by atomic mass is 35.5. The third-order valence-corrected chi connectivity index (χ3v) is 7.61. The molecule has 0 aliphatic carbocycles. The molecule has 0 bridgehead atoms. The molecule has 0 spiro atoms. The lowest BCUT2D eigenvalue weighted by molar-refractivity contribution is -0.384. The smallest absolute Gasteiger partial charge is 0.271 e. The third kappa shape index (κ3) is 8.70. The van der Waals surface area contributed by atoms with Gasteiger partial charge in [0.2, 0.25) is 21.8 Å². The van der Waals surface area contributed by atoms with Gasteiger partial charge in [-0.2, -0.15) is 0 Å². The number of carbonyl (C=O) groups excluding carboxylic acids is 2. The molecule has 0 aromatic heterocycles. The number of carbonyl (C=O) groups is 2. The number of nitro benzene ring substituents is 1. The minimum atomic E-state index is -4.14. The largest absolute Gasteiger partial charge is 0.495 e. The molecule has 1 N–H and O–H groups in total. The first kappa shape index (κ1) is 32.1. The van der Waals surface area contributed by atoms with Crippen molar-refractivity contribution in [1.82, 2.24) is 10.2 Å². The standard InChI is InChI=1S/C25H32Cl2N4O7S/c1-5-7-12-28-25(33)21(6-2)29(15-17-8-9-18(26)13-20(17)27)24(32)16-30(39(4,36)37)22-14-19(31(34)35)10-11-23(22)38-3/h8-11,13-14,21H,5-7,12,15-16H2,1-4H3,(H,28,33)/t21-/m0/s1. The number of non-ortho nitro benzene ring substituents is 1. The molecule has 0 aliphatic rings. The van der Waals surface area contributed by atoms with Crippen LogP contribution in [0.4, 0.5) is 11.4 Å². The monoisotopic (exact) mass is 602 g/mol. The second-order valence-corrected chi connectivity index (χ2v) is 11.5. The number of nitrogens with one attached hydrogen (secondary N) is 1. The van der Waals surface area contributed by atoms with Crippen molar-refractivity contribution < 1.29 is 27.7 Å². The number of rotatable bonds is 14. The number of halogens is 2. The fraction of sp³-hybridized carbons (Fsp3) is 0.440. The number of sulfonamides is 1. The first-order chi connectivity index (χ1) is 18.3. The van der Waals surface area contributed by atoms with Crippen LogP contribution in [0.5, 0.6) is 5.75 Å². The number of benzene rings is 2. The zero-order valence-electron chi connectivity index (χ0n) is 22.1. The minimum Gasteiger partial charge on any atom is -0.495 e. The molecule has 0 saturated carbocycles. The summed E-state index contributed by atoms with van der Waals surface area (Å²) in [5, 5.41) is 14.8. The van der Waals surface area contributed by atoms with E-state index in [1.54, 1.807) is 19.1 Å². The molecular formula is C25H32Cl2N4O7S. The molecule has 1 atom stereocenters. The lowest BCUT2D eigenvalue weighted by Crippen LogP contribution is -2.52. The summed E-state index contributed by atoms with van der Waals surface area (Å²) in [5.74, 6) is -1.11. The van der Waals surface area contributed by atoms with Gasteiger partial charge < -0.3 is 15.0 Å². The molecule has 0 heterocycles. The van der Waals surface area contributed by atoms with Crippen LogP contribution >= 0.6 is 23.2 Å². The average Bonchev–Trinajstić information content (AvgIpc) is 2.87. The Balaban J connectivity index is 2.56. The molecule has 0 saturated heterocycles. The van der Waals surface area contributed by atoms with E-state index in [2.05, 4.69) is 5.32 Å². The number of hydrogen-bond acceptors (Lipinski definition) is 7. The lowest BCUT2D eigenvalue weighted by atomic mass is 10.1. The Bertz CT molecular complexity index is 1310. The quantitative estimate of drug-likeness (QED) is 0.192. The topological polar surface area (TPSA) is 139 Å². The van der Waals surface area contributed by atoms with Crippen molar-refractivity contribution in [2.45, 2.75) is 45.7 Å². The van der Waals surface area contributed by atoms with Crippen LogP contribution in [0.15, 0.2) is 36.4 Å². The summed E-state index contributed by atoms with van der Waals surface area (Å²) in [6, 6.07) is 7.18. The zero-order chi connectivity index (χ0) is 29.3. The Morgan fingerprint density at radius 3 is 2.38 bits per heavy atom. The van der Waals surface area contributed by atoms with Gasteiger partial charge in [-0.05, 0) is 36.6 Å². The molecular weight excluding hydrogens is 571 g/mol. The first-order valence-corrected chi connectivity index (χ1v) is 14.8. The van der Waals surface area contributed by atoms with Crippen molar-refractivity contribution in [2.75, 3.05) is 30.8 Å². The average molecular weight is 604 g/mol. The SMILES string of the molecule is CCCCNC(=O)[C@H](CC)N(Cc1ccc(Cl)cc1Cl)C(=O)CN(c1cc([N+](=O)[O-])ccc1OC)S(C)(=O)=O. The van der Waals surface area contributed by atoms with Gasteiger partial charge in [0.15, 0.2) is 0 Å². The van der Waals surface area contributed by atoms with E-state index in [1.165, 1.54) is 24.1 Å². The van der Waals surface area contributed by atoms with Crippen molar-refractivity contribution >= 4 is 56.4 Å². The molecule has 2 rings (SSSR count). The van der Waals surface area contributed by atoms with Crippen LogP contribution in [0, 0.1) is 10.1 Å². The summed E-state index contributed by atoms with van der Waals surface area (Å²) in [5.41, 5.74) is -0.0843. The van der Waals surface area contributed by atoms with Crippen molar-refractivity contribution in [1.29, 1.82) is 0 Å². The molecule has 2 aromatic rings. The van der Waals surface area contributed by atoms with E-state index >= 15 is 0 Å². The first-order valence-electron chi connectivity index (χ1n) is 12.1. The molecule has 2 aromatic carbocycles. The Morgan fingerprint density at radius 1 is 1.15 bits per heavy atom. The predicted octanol–water partition coefficient (Wildman–Crippen LogP) is 4.40. The Kier molecular flexibility index (Phi) is 11.8. The van der Waals surface area contributed by atoms with E-state index in [1.807, 2.05) is 6.92 Å². The normalized spacial score (nSPS) is 11.9. The Morgan fingerprint density at radius 2 is 1.85 bits per heavy atom. The summed E-state index contributed by atoms with van der Waals surface area (Å²) >= 11 is 12.4. The number of methoxy groups -OCH3 is 1. The van der Waals surface area contributed by atoms with Crippen molar-refractivity contribution in [3.63, 3.8) is 0 Å². The van der Waals surface area contributed by atoms with Crippen molar-refractivity contribution in [3.8, 4) is 5.75 Å². The van der Waals surface area contributed by atoms with Gasteiger partial charge in [-0.15, -0.1) is 0 Å². The summed E-state index contributed by atoms with van der Waals surface area (Å²) in [7, 11) is -2.87. The maximum absolute atomic E-state index is 13.8. The summed E-state index contributed by atoms with van der Waals surface area (Å²) in [4.78, 5) is 38.9. The van der Waals surface area contributed by atoms with Crippen LogP contribution in [0.25, 0.3) is 0 Å². The van der Waals surface area contributed by atoms with Crippen LogP contribution in [0.3, 0.4) is 0 Å². The lowest BCUT2D eigenvalue weighted by Gasteiger charge is -2.33. The van der Waals surface area contributed by atoms with E-state index in [0.717, 1.165) is 35.5 Å². The van der Waals surface area contributed by atoms with E-state index in [0.29, 0.717) is 17.1 Å². The molecule has 39 heavy (non-hydrogen) atoms. The van der Waals surface area contributed by atoms with Crippen LogP contribution in [-0.4, -0.2) is 62.6 Å². The fourth-order valence-electron chi connectivity index (χ4n) is 3.84. The number of unbranched alkanes of at least 4 members (excludes halogenated alkanes) is 1. The van der Waals surface area contributed by atoms with Gasteiger partial charge in [0.05, 0.1) is 18.3 Å². The molecule has 214 valence electrons. The van der Waals surface area contributed by atoms with Crippen LogP contribution in [0.1, 0.15) is 38.7 Å². The van der Waals surface area contributed by atoms with E-state index in [9.17, 15) is 28.1 Å². The number of ether oxygens (including phenoxy) is 1. The van der Waals surface area contributed by atoms with Gasteiger partial charge in [-0.3, -0.25) is 24.0 Å². The maximum Gasteiger partial charge on any atom is 0.271 e. The van der Waals surface area contributed by atoms with Gasteiger partial charge in [-0.25, -0.2) is 8.42 Å². The van der Waals surface area contributed by atoms with Crippen LogP contribution in [0.2, 0.25) is 10.0 Å². The van der Waals surface area contributed by atoms with Gasteiger partial charge in [0.1, 0.15) is 24.0 Å². The summed E-state index contributed by atoms with van der Waals surface area (Å²) < 4.78 is 31.7. The number of nitro groups is 1.